The van der Waals surface area contributed by atoms with E-state index in [9.17, 15) is 4.79 Å². The molecule has 0 unspecified atom stereocenters. The Morgan fingerprint density at radius 2 is 2.05 bits per heavy atom. The van der Waals surface area contributed by atoms with Crippen molar-refractivity contribution in [2.75, 3.05) is 11.9 Å². The van der Waals surface area contributed by atoms with Crippen molar-refractivity contribution in [3.05, 3.63) is 41.9 Å². The highest BCUT2D eigenvalue weighted by Gasteiger charge is 2.18. The molecule has 0 spiro atoms. The number of urea groups is 1. The van der Waals surface area contributed by atoms with E-state index in [4.69, 9.17) is 0 Å². The minimum Gasteiger partial charge on any atom is -0.337 e. The highest BCUT2D eigenvalue weighted by molar-refractivity contribution is 5.88. The van der Waals surface area contributed by atoms with Crippen molar-refractivity contribution in [2.24, 2.45) is 0 Å². The molecule has 118 valence electrons. The summed E-state index contributed by atoms with van der Waals surface area (Å²) in [4.78, 5) is 16.2. The van der Waals surface area contributed by atoms with Gasteiger partial charge in [-0.1, -0.05) is 6.07 Å². The molecule has 6 heteroatoms. The SMILES string of the molecule is Cc1ncccc1CCNC(=O)Nc1ccnn1C(C)(C)C. The third-order valence-corrected chi connectivity index (χ3v) is 3.32. The number of aryl methyl sites for hydroxylation is 1. The van der Waals surface area contributed by atoms with Crippen molar-refractivity contribution in [3.8, 4) is 0 Å². The number of carbonyl (C=O) groups is 1. The van der Waals surface area contributed by atoms with Crippen LogP contribution in [0.2, 0.25) is 0 Å². The molecular weight excluding hydrogens is 278 g/mol. The van der Waals surface area contributed by atoms with Crippen LogP contribution in [0.1, 0.15) is 32.0 Å². The Kier molecular flexibility index (Phi) is 4.80. The number of nitrogens with one attached hydrogen (secondary N) is 2. The van der Waals surface area contributed by atoms with Crippen LogP contribution < -0.4 is 10.6 Å². The Hall–Kier alpha value is -2.37. The van der Waals surface area contributed by atoms with Gasteiger partial charge in [0.05, 0.1) is 11.7 Å². The number of carbonyl (C=O) groups excluding carboxylic acids is 1. The van der Waals surface area contributed by atoms with Crippen LogP contribution in [0.5, 0.6) is 0 Å². The first-order valence-electron chi connectivity index (χ1n) is 7.38. The number of nitrogens with zero attached hydrogens (tertiary/aromatic N) is 3. The Bertz CT molecular complexity index is 642. The average Bonchev–Trinajstić information content (AvgIpc) is 2.89. The third kappa shape index (κ3) is 4.07. The number of hydrogen-bond donors (Lipinski definition) is 2. The summed E-state index contributed by atoms with van der Waals surface area (Å²) in [5.74, 6) is 0.683. The molecule has 0 bridgehead atoms. The average molecular weight is 301 g/mol. The molecule has 6 nitrogen and oxygen atoms in total. The number of amides is 2. The fraction of sp³-hybridized carbons (Fsp3) is 0.438. The molecule has 0 radical (unpaired) electrons. The van der Waals surface area contributed by atoms with Crippen LogP contribution in [0, 0.1) is 6.92 Å². The molecular formula is C16H23N5O. The zero-order valence-electron chi connectivity index (χ0n) is 13.6. The maximum atomic E-state index is 12.0. The van der Waals surface area contributed by atoms with Gasteiger partial charge >= 0.3 is 6.03 Å². The summed E-state index contributed by atoms with van der Waals surface area (Å²) in [5, 5.41) is 9.94. The van der Waals surface area contributed by atoms with Crippen LogP contribution in [0.3, 0.4) is 0 Å². The summed E-state index contributed by atoms with van der Waals surface area (Å²) in [6.07, 6.45) is 4.21. The van der Waals surface area contributed by atoms with Crippen LogP contribution >= 0.6 is 0 Å². The molecule has 0 saturated heterocycles. The molecule has 0 aliphatic carbocycles. The predicted molar refractivity (Wildman–Crippen MR) is 86.9 cm³/mol. The molecule has 0 aliphatic heterocycles. The van der Waals surface area contributed by atoms with Crippen molar-refractivity contribution >= 4 is 11.8 Å². The first kappa shape index (κ1) is 16.0. The molecule has 2 N–H and O–H groups in total. The van der Waals surface area contributed by atoms with Crippen molar-refractivity contribution in [2.45, 2.75) is 39.7 Å². The standard InChI is InChI=1S/C16H23N5O/c1-12-13(6-5-9-17-12)7-10-18-15(22)20-14-8-11-19-21(14)16(2,3)4/h5-6,8-9,11H,7,10H2,1-4H3,(H2,18,20,22). The van der Waals surface area contributed by atoms with E-state index in [1.807, 2.05) is 39.8 Å². The largest absolute Gasteiger partial charge is 0.337 e. The normalized spacial score (nSPS) is 11.3. The van der Waals surface area contributed by atoms with E-state index in [0.29, 0.717) is 12.4 Å². The third-order valence-electron chi connectivity index (χ3n) is 3.32. The molecule has 2 aromatic rings. The fourth-order valence-corrected chi connectivity index (χ4v) is 2.19. The van der Waals surface area contributed by atoms with Crippen LogP contribution in [0.4, 0.5) is 10.6 Å². The fourth-order valence-electron chi connectivity index (χ4n) is 2.19. The van der Waals surface area contributed by atoms with Crippen molar-refractivity contribution in [1.29, 1.82) is 0 Å². The van der Waals surface area contributed by atoms with Gasteiger partial charge in [-0.2, -0.15) is 5.10 Å². The molecule has 2 aromatic heterocycles. The summed E-state index contributed by atoms with van der Waals surface area (Å²) >= 11 is 0. The second kappa shape index (κ2) is 6.60. The molecule has 22 heavy (non-hydrogen) atoms. The van der Waals surface area contributed by atoms with Gasteiger partial charge in [-0.05, 0) is 45.7 Å². The summed E-state index contributed by atoms with van der Waals surface area (Å²) in [7, 11) is 0. The van der Waals surface area contributed by atoms with Gasteiger partial charge in [0, 0.05) is 24.5 Å². The lowest BCUT2D eigenvalue weighted by Crippen LogP contribution is -2.33. The Morgan fingerprint density at radius 1 is 1.27 bits per heavy atom. The molecule has 2 heterocycles. The van der Waals surface area contributed by atoms with Gasteiger partial charge in [-0.25, -0.2) is 9.48 Å². The van der Waals surface area contributed by atoms with Crippen LogP contribution in [-0.4, -0.2) is 27.3 Å². The minimum absolute atomic E-state index is 0.182. The molecule has 2 amide bonds. The van der Waals surface area contributed by atoms with Crippen LogP contribution in [-0.2, 0) is 12.0 Å². The van der Waals surface area contributed by atoms with Crippen LogP contribution in [0.15, 0.2) is 30.6 Å². The van der Waals surface area contributed by atoms with Gasteiger partial charge in [-0.3, -0.25) is 10.3 Å². The second-order valence-electron chi connectivity index (χ2n) is 6.18. The van der Waals surface area contributed by atoms with E-state index in [-0.39, 0.29) is 11.6 Å². The number of hydrogen-bond acceptors (Lipinski definition) is 3. The highest BCUT2D eigenvalue weighted by atomic mass is 16.2. The molecule has 2 rings (SSSR count). The maximum absolute atomic E-state index is 12.0. The van der Waals surface area contributed by atoms with E-state index in [2.05, 4.69) is 20.7 Å². The lowest BCUT2D eigenvalue weighted by Gasteiger charge is -2.22. The summed E-state index contributed by atoms with van der Waals surface area (Å²) in [6.45, 7) is 8.64. The number of rotatable bonds is 4. The summed E-state index contributed by atoms with van der Waals surface area (Å²) in [6, 6.07) is 5.49. The van der Waals surface area contributed by atoms with Crippen molar-refractivity contribution in [1.82, 2.24) is 20.1 Å². The van der Waals surface area contributed by atoms with Gasteiger partial charge in [0.1, 0.15) is 5.82 Å². The number of aromatic nitrogens is 3. The summed E-state index contributed by atoms with van der Waals surface area (Å²) in [5.41, 5.74) is 1.96. The van der Waals surface area contributed by atoms with E-state index in [0.717, 1.165) is 17.7 Å². The van der Waals surface area contributed by atoms with E-state index in [1.54, 1.807) is 23.1 Å². The van der Waals surface area contributed by atoms with Crippen LogP contribution in [0.25, 0.3) is 0 Å². The van der Waals surface area contributed by atoms with E-state index >= 15 is 0 Å². The maximum Gasteiger partial charge on any atom is 0.320 e. The first-order chi connectivity index (χ1) is 10.4. The number of anilines is 1. The van der Waals surface area contributed by atoms with E-state index in [1.165, 1.54) is 0 Å². The van der Waals surface area contributed by atoms with E-state index < -0.39 is 0 Å². The van der Waals surface area contributed by atoms with Gasteiger partial charge < -0.3 is 5.32 Å². The van der Waals surface area contributed by atoms with Gasteiger partial charge in [-0.15, -0.1) is 0 Å². The van der Waals surface area contributed by atoms with Gasteiger partial charge in [0.15, 0.2) is 0 Å². The summed E-state index contributed by atoms with van der Waals surface area (Å²) < 4.78 is 1.79. The highest BCUT2D eigenvalue weighted by Crippen LogP contribution is 2.18. The Balaban J connectivity index is 1.87. The predicted octanol–water partition coefficient (Wildman–Crippen LogP) is 2.71. The second-order valence-corrected chi connectivity index (χ2v) is 6.18. The Morgan fingerprint density at radius 3 is 2.73 bits per heavy atom. The molecule has 0 saturated carbocycles. The van der Waals surface area contributed by atoms with Gasteiger partial charge in [0.2, 0.25) is 0 Å². The van der Waals surface area contributed by atoms with Crippen molar-refractivity contribution < 1.29 is 4.79 Å². The molecule has 0 aromatic carbocycles. The molecule has 0 atom stereocenters. The lowest BCUT2D eigenvalue weighted by molar-refractivity contribution is 0.251. The first-order valence-corrected chi connectivity index (χ1v) is 7.38. The van der Waals surface area contributed by atoms with Gasteiger partial charge in [0.25, 0.3) is 0 Å². The molecule has 0 aliphatic rings. The zero-order chi connectivity index (χ0) is 16.2. The topological polar surface area (TPSA) is 71.8 Å². The Labute approximate surface area is 130 Å². The zero-order valence-corrected chi connectivity index (χ0v) is 13.6. The lowest BCUT2D eigenvalue weighted by atomic mass is 10.1. The van der Waals surface area contributed by atoms with Crippen molar-refractivity contribution in [3.63, 3.8) is 0 Å². The number of pyridine rings is 1. The minimum atomic E-state index is -0.229. The quantitative estimate of drug-likeness (QED) is 0.912. The smallest absolute Gasteiger partial charge is 0.320 e. The molecule has 0 fully saturated rings. The monoisotopic (exact) mass is 301 g/mol.